The van der Waals surface area contributed by atoms with Crippen molar-refractivity contribution >= 4 is 5.91 Å². The van der Waals surface area contributed by atoms with Crippen molar-refractivity contribution in [1.29, 1.82) is 0 Å². The van der Waals surface area contributed by atoms with Crippen molar-refractivity contribution in [2.45, 2.75) is 6.54 Å². The summed E-state index contributed by atoms with van der Waals surface area (Å²) in [5.74, 6) is -0.163. The molecule has 0 aliphatic rings. The Hall–Kier alpha value is -3.08. The minimum atomic E-state index is -0.163. The average Bonchev–Trinajstić information content (AvgIpc) is 2.61. The van der Waals surface area contributed by atoms with Crippen LogP contribution in [0.25, 0.3) is 11.4 Å². The summed E-state index contributed by atoms with van der Waals surface area (Å²) in [6.45, 7) is 0.439. The van der Waals surface area contributed by atoms with Crippen LogP contribution in [0.15, 0.2) is 67.3 Å². The van der Waals surface area contributed by atoms with Crippen molar-refractivity contribution in [1.82, 2.24) is 20.3 Å². The second kappa shape index (κ2) is 6.58. The van der Waals surface area contributed by atoms with Gasteiger partial charge in [-0.15, -0.1) is 0 Å². The van der Waals surface area contributed by atoms with Gasteiger partial charge in [-0.1, -0.05) is 12.1 Å². The molecule has 0 radical (unpaired) electrons. The van der Waals surface area contributed by atoms with Gasteiger partial charge in [0.1, 0.15) is 0 Å². The van der Waals surface area contributed by atoms with E-state index >= 15 is 0 Å². The first-order valence-corrected chi connectivity index (χ1v) is 6.87. The summed E-state index contributed by atoms with van der Waals surface area (Å²) in [5, 5.41) is 2.84. The molecule has 0 aliphatic carbocycles. The van der Waals surface area contributed by atoms with Crippen LogP contribution in [0, 0.1) is 0 Å². The fourth-order valence-corrected chi connectivity index (χ4v) is 1.98. The molecule has 5 heteroatoms. The van der Waals surface area contributed by atoms with Gasteiger partial charge >= 0.3 is 0 Å². The van der Waals surface area contributed by atoms with E-state index in [9.17, 15) is 4.79 Å². The SMILES string of the molecule is O=C(NCc1cccnc1)c1ccc(-c2ccccn2)nc1. The fraction of sp³-hybridized carbons (Fsp3) is 0.0588. The maximum atomic E-state index is 12.1. The van der Waals surface area contributed by atoms with Crippen LogP contribution in [0.1, 0.15) is 15.9 Å². The topological polar surface area (TPSA) is 67.8 Å². The lowest BCUT2D eigenvalue weighted by Gasteiger charge is -2.05. The highest BCUT2D eigenvalue weighted by atomic mass is 16.1. The number of nitrogens with one attached hydrogen (secondary N) is 1. The van der Waals surface area contributed by atoms with E-state index in [4.69, 9.17) is 0 Å². The van der Waals surface area contributed by atoms with Gasteiger partial charge in [-0.2, -0.15) is 0 Å². The number of carbonyl (C=O) groups is 1. The zero-order valence-electron chi connectivity index (χ0n) is 11.8. The van der Waals surface area contributed by atoms with Crippen LogP contribution in [0.3, 0.4) is 0 Å². The summed E-state index contributed by atoms with van der Waals surface area (Å²) in [6.07, 6.45) is 6.70. The molecule has 1 N–H and O–H groups in total. The van der Waals surface area contributed by atoms with Gasteiger partial charge in [-0.25, -0.2) is 0 Å². The third-order valence-electron chi connectivity index (χ3n) is 3.13. The van der Waals surface area contributed by atoms with Gasteiger partial charge in [-0.05, 0) is 35.9 Å². The predicted octanol–water partition coefficient (Wildman–Crippen LogP) is 2.47. The standard InChI is InChI=1S/C17H14N4O/c22-17(21-11-13-4-3-8-18-10-13)14-6-7-16(20-12-14)15-5-1-2-9-19-15/h1-10,12H,11H2,(H,21,22). The highest BCUT2D eigenvalue weighted by Crippen LogP contribution is 2.13. The molecule has 3 heterocycles. The summed E-state index contributed by atoms with van der Waals surface area (Å²) < 4.78 is 0. The van der Waals surface area contributed by atoms with Gasteiger partial charge in [0.05, 0.1) is 17.0 Å². The molecule has 0 bridgehead atoms. The zero-order valence-corrected chi connectivity index (χ0v) is 11.8. The third-order valence-corrected chi connectivity index (χ3v) is 3.13. The molecule has 1 amide bonds. The molecular formula is C17H14N4O. The lowest BCUT2D eigenvalue weighted by Crippen LogP contribution is -2.22. The number of hydrogen-bond acceptors (Lipinski definition) is 4. The van der Waals surface area contributed by atoms with Crippen molar-refractivity contribution in [3.05, 3.63) is 78.4 Å². The maximum absolute atomic E-state index is 12.1. The monoisotopic (exact) mass is 290 g/mol. The van der Waals surface area contributed by atoms with E-state index in [1.54, 1.807) is 36.9 Å². The number of amides is 1. The first-order chi connectivity index (χ1) is 10.8. The molecule has 22 heavy (non-hydrogen) atoms. The first-order valence-electron chi connectivity index (χ1n) is 6.87. The van der Waals surface area contributed by atoms with Crippen LogP contribution < -0.4 is 5.32 Å². The Balaban J connectivity index is 1.66. The van der Waals surface area contributed by atoms with Crippen LogP contribution >= 0.6 is 0 Å². The number of nitrogens with zero attached hydrogens (tertiary/aromatic N) is 3. The molecular weight excluding hydrogens is 276 g/mol. The minimum Gasteiger partial charge on any atom is -0.348 e. The number of aromatic nitrogens is 3. The van der Waals surface area contributed by atoms with E-state index in [0.717, 1.165) is 17.0 Å². The van der Waals surface area contributed by atoms with Gasteiger partial charge in [0.15, 0.2) is 0 Å². The Morgan fingerprint density at radius 1 is 0.909 bits per heavy atom. The van der Waals surface area contributed by atoms with Crippen LogP contribution in [-0.4, -0.2) is 20.9 Å². The summed E-state index contributed by atoms with van der Waals surface area (Å²) in [5.41, 5.74) is 2.99. The molecule has 0 saturated carbocycles. The molecule has 3 aromatic rings. The quantitative estimate of drug-likeness (QED) is 0.801. The number of carbonyl (C=O) groups excluding carboxylic acids is 1. The summed E-state index contributed by atoms with van der Waals surface area (Å²) in [7, 11) is 0. The molecule has 0 aliphatic heterocycles. The molecule has 0 atom stereocenters. The molecule has 0 aromatic carbocycles. The fourth-order valence-electron chi connectivity index (χ4n) is 1.98. The van der Waals surface area contributed by atoms with Crippen LogP contribution in [-0.2, 0) is 6.54 Å². The molecule has 0 unspecified atom stereocenters. The summed E-state index contributed by atoms with van der Waals surface area (Å²) in [4.78, 5) is 24.6. The van der Waals surface area contributed by atoms with E-state index in [0.29, 0.717) is 12.1 Å². The second-order valence-corrected chi connectivity index (χ2v) is 4.69. The molecule has 5 nitrogen and oxygen atoms in total. The molecule has 0 saturated heterocycles. The number of pyridine rings is 3. The average molecular weight is 290 g/mol. The number of hydrogen-bond donors (Lipinski definition) is 1. The minimum absolute atomic E-state index is 0.163. The van der Waals surface area contributed by atoms with Crippen LogP contribution in [0.5, 0.6) is 0 Å². The van der Waals surface area contributed by atoms with Crippen molar-refractivity contribution in [2.24, 2.45) is 0 Å². The first kappa shape index (κ1) is 13.9. The Morgan fingerprint density at radius 2 is 1.82 bits per heavy atom. The van der Waals surface area contributed by atoms with Crippen molar-refractivity contribution in [3.8, 4) is 11.4 Å². The van der Waals surface area contributed by atoms with E-state index in [1.165, 1.54) is 0 Å². The lowest BCUT2D eigenvalue weighted by atomic mass is 10.2. The van der Waals surface area contributed by atoms with E-state index in [1.807, 2.05) is 30.3 Å². The van der Waals surface area contributed by atoms with E-state index < -0.39 is 0 Å². The van der Waals surface area contributed by atoms with Crippen LogP contribution in [0.4, 0.5) is 0 Å². The van der Waals surface area contributed by atoms with Gasteiger partial charge in [-0.3, -0.25) is 19.7 Å². The molecule has 0 spiro atoms. The van der Waals surface area contributed by atoms with E-state index in [-0.39, 0.29) is 5.91 Å². The Bertz CT molecular complexity index is 743. The maximum Gasteiger partial charge on any atom is 0.253 e. The van der Waals surface area contributed by atoms with Crippen LogP contribution in [0.2, 0.25) is 0 Å². The summed E-state index contributed by atoms with van der Waals surface area (Å²) in [6, 6.07) is 12.9. The second-order valence-electron chi connectivity index (χ2n) is 4.69. The Morgan fingerprint density at radius 3 is 2.50 bits per heavy atom. The van der Waals surface area contributed by atoms with Crippen molar-refractivity contribution < 1.29 is 4.79 Å². The van der Waals surface area contributed by atoms with Gasteiger partial charge < -0.3 is 5.32 Å². The number of rotatable bonds is 4. The molecule has 0 fully saturated rings. The van der Waals surface area contributed by atoms with Crippen molar-refractivity contribution in [2.75, 3.05) is 0 Å². The molecule has 108 valence electrons. The Labute approximate surface area is 128 Å². The third kappa shape index (κ3) is 3.32. The summed E-state index contributed by atoms with van der Waals surface area (Å²) >= 11 is 0. The smallest absolute Gasteiger partial charge is 0.253 e. The van der Waals surface area contributed by atoms with E-state index in [2.05, 4.69) is 20.3 Å². The highest BCUT2D eigenvalue weighted by Gasteiger charge is 2.07. The van der Waals surface area contributed by atoms with Gasteiger partial charge in [0.25, 0.3) is 5.91 Å². The predicted molar refractivity (Wildman–Crippen MR) is 82.9 cm³/mol. The molecule has 3 aromatic heterocycles. The van der Waals surface area contributed by atoms with Gasteiger partial charge in [0.2, 0.25) is 0 Å². The van der Waals surface area contributed by atoms with Gasteiger partial charge in [0, 0.05) is 31.3 Å². The Kier molecular flexibility index (Phi) is 4.15. The molecule has 3 rings (SSSR count). The lowest BCUT2D eigenvalue weighted by molar-refractivity contribution is 0.0950. The normalized spacial score (nSPS) is 10.2. The zero-order chi connectivity index (χ0) is 15.2. The largest absolute Gasteiger partial charge is 0.348 e. The highest BCUT2D eigenvalue weighted by molar-refractivity contribution is 5.94. The van der Waals surface area contributed by atoms with Crippen molar-refractivity contribution in [3.63, 3.8) is 0 Å².